The maximum atomic E-state index is 12.0. The molecule has 2 amide bonds. The lowest BCUT2D eigenvalue weighted by Crippen LogP contribution is -2.44. The summed E-state index contributed by atoms with van der Waals surface area (Å²) in [5.74, 6) is -1.22. The van der Waals surface area contributed by atoms with Gasteiger partial charge in [0.1, 0.15) is 5.75 Å². The van der Waals surface area contributed by atoms with E-state index in [-0.39, 0.29) is 18.1 Å². The number of nitrogens with one attached hydrogen (secondary N) is 2. The molecule has 2 rings (SSSR count). The molecule has 1 heterocycles. The highest BCUT2D eigenvalue weighted by Gasteiger charge is 2.23. The van der Waals surface area contributed by atoms with Crippen LogP contribution in [-0.4, -0.2) is 49.3 Å². The van der Waals surface area contributed by atoms with Gasteiger partial charge in [0.05, 0.1) is 19.4 Å². The molecule has 0 aromatic heterocycles. The second-order valence-electron chi connectivity index (χ2n) is 4.28. The van der Waals surface area contributed by atoms with Crippen molar-refractivity contribution in [1.82, 2.24) is 5.32 Å². The van der Waals surface area contributed by atoms with Crippen LogP contribution in [0.15, 0.2) is 18.2 Å². The largest absolute Gasteiger partial charge is 0.482 e. The van der Waals surface area contributed by atoms with Crippen LogP contribution in [0.5, 0.6) is 5.75 Å². The number of fused-ring (bicyclic) bond motifs is 1. The molecule has 1 aromatic carbocycles. The molecule has 1 aliphatic rings. The number of aliphatic hydroxyl groups excluding tert-OH is 1. The first-order valence-electron chi connectivity index (χ1n) is 6.11. The molecular weight excluding hydrogens is 280 g/mol. The highest BCUT2D eigenvalue weighted by molar-refractivity contribution is 6.00. The van der Waals surface area contributed by atoms with Gasteiger partial charge >= 0.3 is 5.97 Å². The number of esters is 1. The Labute approximate surface area is 120 Å². The summed E-state index contributed by atoms with van der Waals surface area (Å²) in [7, 11) is 1.16. The summed E-state index contributed by atoms with van der Waals surface area (Å²) < 4.78 is 9.65. The molecular formula is C13H14N2O6. The average molecular weight is 294 g/mol. The number of benzene rings is 1. The Morgan fingerprint density at radius 2 is 2.29 bits per heavy atom. The normalized spacial score (nSPS) is 14.3. The summed E-state index contributed by atoms with van der Waals surface area (Å²) >= 11 is 0. The summed E-state index contributed by atoms with van der Waals surface area (Å²) in [5.41, 5.74) is 0.696. The molecule has 1 atom stereocenters. The SMILES string of the molecule is COC(=O)C(CO)NC(=O)c1ccc2c(c1)OCC(=O)N2. The van der Waals surface area contributed by atoms with Crippen molar-refractivity contribution < 1.29 is 29.0 Å². The predicted octanol–water partition coefficient (Wildman–Crippen LogP) is -0.719. The van der Waals surface area contributed by atoms with Crippen molar-refractivity contribution in [3.63, 3.8) is 0 Å². The van der Waals surface area contributed by atoms with Crippen molar-refractivity contribution in [3.8, 4) is 5.75 Å². The van der Waals surface area contributed by atoms with Gasteiger partial charge in [-0.25, -0.2) is 4.79 Å². The number of carbonyl (C=O) groups excluding carboxylic acids is 3. The lowest BCUT2D eigenvalue weighted by atomic mass is 10.1. The summed E-state index contributed by atoms with van der Waals surface area (Å²) in [4.78, 5) is 34.5. The van der Waals surface area contributed by atoms with Gasteiger partial charge in [0.15, 0.2) is 12.6 Å². The molecule has 0 aliphatic carbocycles. The van der Waals surface area contributed by atoms with E-state index in [2.05, 4.69) is 15.4 Å². The van der Waals surface area contributed by atoms with E-state index < -0.39 is 24.5 Å². The molecule has 21 heavy (non-hydrogen) atoms. The van der Waals surface area contributed by atoms with Crippen LogP contribution in [0.4, 0.5) is 5.69 Å². The summed E-state index contributed by atoms with van der Waals surface area (Å²) in [6.45, 7) is -0.699. The lowest BCUT2D eigenvalue weighted by Gasteiger charge is -2.19. The minimum Gasteiger partial charge on any atom is -0.482 e. The fourth-order valence-corrected chi connectivity index (χ4v) is 1.78. The van der Waals surface area contributed by atoms with Gasteiger partial charge < -0.3 is 25.2 Å². The number of methoxy groups -OCH3 is 1. The van der Waals surface area contributed by atoms with Gasteiger partial charge in [0.25, 0.3) is 11.8 Å². The van der Waals surface area contributed by atoms with E-state index in [9.17, 15) is 14.4 Å². The molecule has 1 aromatic rings. The van der Waals surface area contributed by atoms with E-state index in [0.29, 0.717) is 11.4 Å². The first kappa shape index (κ1) is 14.8. The van der Waals surface area contributed by atoms with Crippen molar-refractivity contribution in [2.75, 3.05) is 25.6 Å². The topological polar surface area (TPSA) is 114 Å². The Hall–Kier alpha value is -2.61. The summed E-state index contributed by atoms with van der Waals surface area (Å²) in [5, 5.41) is 14.0. The smallest absolute Gasteiger partial charge is 0.330 e. The standard InChI is InChI=1S/C13H14N2O6/c1-20-13(19)9(5-16)15-12(18)7-2-3-8-10(4-7)21-6-11(17)14-8/h2-4,9,16H,5-6H2,1H3,(H,14,17)(H,15,18). The summed E-state index contributed by atoms with van der Waals surface area (Å²) in [6, 6.07) is 3.29. The molecule has 0 fully saturated rings. The average Bonchev–Trinajstić information content (AvgIpc) is 2.50. The van der Waals surface area contributed by atoms with E-state index in [1.165, 1.54) is 18.2 Å². The first-order chi connectivity index (χ1) is 10.0. The van der Waals surface area contributed by atoms with Gasteiger partial charge in [0, 0.05) is 5.56 Å². The van der Waals surface area contributed by atoms with Crippen LogP contribution in [-0.2, 0) is 14.3 Å². The molecule has 0 saturated heterocycles. The fraction of sp³-hybridized carbons (Fsp3) is 0.308. The Morgan fingerprint density at radius 1 is 1.52 bits per heavy atom. The number of ether oxygens (including phenoxy) is 2. The lowest BCUT2D eigenvalue weighted by molar-refractivity contribution is -0.143. The Morgan fingerprint density at radius 3 is 2.95 bits per heavy atom. The fourth-order valence-electron chi connectivity index (χ4n) is 1.78. The van der Waals surface area contributed by atoms with Crippen molar-refractivity contribution in [2.45, 2.75) is 6.04 Å². The highest BCUT2D eigenvalue weighted by atomic mass is 16.5. The van der Waals surface area contributed by atoms with Gasteiger partial charge in [-0.3, -0.25) is 9.59 Å². The maximum absolute atomic E-state index is 12.0. The van der Waals surface area contributed by atoms with Gasteiger partial charge in [-0.2, -0.15) is 0 Å². The summed E-state index contributed by atoms with van der Waals surface area (Å²) in [6.07, 6.45) is 0. The molecule has 3 N–H and O–H groups in total. The Kier molecular flexibility index (Phi) is 4.39. The number of hydrogen-bond donors (Lipinski definition) is 3. The molecule has 0 saturated carbocycles. The number of amides is 2. The number of aliphatic hydroxyl groups is 1. The third-order valence-corrected chi connectivity index (χ3v) is 2.85. The van der Waals surface area contributed by atoms with Crippen LogP contribution in [0.1, 0.15) is 10.4 Å². The van der Waals surface area contributed by atoms with Crippen LogP contribution >= 0.6 is 0 Å². The third-order valence-electron chi connectivity index (χ3n) is 2.85. The van der Waals surface area contributed by atoms with Crippen LogP contribution in [0.25, 0.3) is 0 Å². The van der Waals surface area contributed by atoms with Gasteiger partial charge in [-0.15, -0.1) is 0 Å². The van der Waals surface area contributed by atoms with Crippen molar-refractivity contribution in [3.05, 3.63) is 23.8 Å². The van der Waals surface area contributed by atoms with E-state index >= 15 is 0 Å². The number of carbonyl (C=O) groups is 3. The quantitative estimate of drug-likeness (QED) is 0.632. The van der Waals surface area contributed by atoms with Crippen LogP contribution in [0.2, 0.25) is 0 Å². The minimum absolute atomic E-state index is 0.125. The zero-order valence-corrected chi connectivity index (χ0v) is 11.2. The molecule has 0 bridgehead atoms. The highest BCUT2D eigenvalue weighted by Crippen LogP contribution is 2.28. The molecule has 1 unspecified atom stereocenters. The van der Waals surface area contributed by atoms with Crippen molar-refractivity contribution in [2.24, 2.45) is 0 Å². The monoisotopic (exact) mass is 294 g/mol. The second-order valence-corrected chi connectivity index (χ2v) is 4.28. The zero-order valence-electron chi connectivity index (χ0n) is 11.2. The van der Waals surface area contributed by atoms with Crippen LogP contribution in [0.3, 0.4) is 0 Å². The van der Waals surface area contributed by atoms with E-state index in [1.807, 2.05) is 0 Å². The van der Waals surface area contributed by atoms with Crippen LogP contribution in [0, 0.1) is 0 Å². The number of rotatable bonds is 4. The first-order valence-corrected chi connectivity index (χ1v) is 6.11. The van der Waals surface area contributed by atoms with Gasteiger partial charge in [0.2, 0.25) is 0 Å². The second kappa shape index (κ2) is 6.23. The number of hydrogen-bond acceptors (Lipinski definition) is 6. The minimum atomic E-state index is -1.14. The zero-order chi connectivity index (χ0) is 15.4. The van der Waals surface area contributed by atoms with Crippen LogP contribution < -0.4 is 15.4 Å². The van der Waals surface area contributed by atoms with Crippen molar-refractivity contribution in [1.29, 1.82) is 0 Å². The Bertz CT molecular complexity index is 586. The predicted molar refractivity (Wildman–Crippen MR) is 70.9 cm³/mol. The molecule has 1 aliphatic heterocycles. The van der Waals surface area contributed by atoms with Gasteiger partial charge in [-0.1, -0.05) is 0 Å². The maximum Gasteiger partial charge on any atom is 0.330 e. The van der Waals surface area contributed by atoms with E-state index in [1.54, 1.807) is 0 Å². The van der Waals surface area contributed by atoms with E-state index in [0.717, 1.165) is 7.11 Å². The van der Waals surface area contributed by atoms with Crippen molar-refractivity contribution >= 4 is 23.5 Å². The third kappa shape index (κ3) is 3.29. The molecule has 8 nitrogen and oxygen atoms in total. The molecule has 0 spiro atoms. The van der Waals surface area contributed by atoms with E-state index in [4.69, 9.17) is 9.84 Å². The molecule has 112 valence electrons. The Balaban J connectivity index is 2.13. The molecule has 8 heteroatoms. The van der Waals surface area contributed by atoms with Gasteiger partial charge in [-0.05, 0) is 18.2 Å². The number of anilines is 1. The molecule has 0 radical (unpaired) electrons.